The summed E-state index contributed by atoms with van der Waals surface area (Å²) in [6.45, 7) is 0.756. The maximum absolute atomic E-state index is 12.7. The Bertz CT molecular complexity index is 581. The van der Waals surface area contributed by atoms with Gasteiger partial charge in [0.2, 0.25) is 5.91 Å². The molecule has 0 aromatic carbocycles. The Morgan fingerprint density at radius 2 is 2.19 bits per heavy atom. The number of aromatic nitrogens is 1. The monoisotopic (exact) mass is 306 g/mol. The van der Waals surface area contributed by atoms with E-state index >= 15 is 0 Å². The molecule has 0 spiro atoms. The lowest BCUT2D eigenvalue weighted by Gasteiger charge is -2.28. The standard InChI is InChI=1S/C15H18N2O3S/c18-14(10-5-2-1-3-6-10)17-8-4-7-12(17)13-16-11(9-21-13)15(19)20/h1-2,9-10,12H,3-8H2,(H,19,20)/t10-,12+/m0/s1. The van der Waals surface area contributed by atoms with Gasteiger partial charge in [-0.3, -0.25) is 4.79 Å². The molecule has 1 aromatic heterocycles. The van der Waals surface area contributed by atoms with Crippen LogP contribution in [0.3, 0.4) is 0 Å². The van der Waals surface area contributed by atoms with Gasteiger partial charge in [-0.15, -0.1) is 11.3 Å². The van der Waals surface area contributed by atoms with Crippen LogP contribution in [-0.2, 0) is 4.79 Å². The first-order valence-corrected chi connectivity index (χ1v) is 8.19. The second kappa shape index (κ2) is 5.97. The van der Waals surface area contributed by atoms with E-state index in [9.17, 15) is 9.59 Å². The van der Waals surface area contributed by atoms with E-state index in [0.717, 1.165) is 43.7 Å². The van der Waals surface area contributed by atoms with Crippen molar-refractivity contribution in [1.29, 1.82) is 0 Å². The van der Waals surface area contributed by atoms with E-state index in [0.29, 0.717) is 0 Å². The molecule has 5 nitrogen and oxygen atoms in total. The van der Waals surface area contributed by atoms with E-state index in [4.69, 9.17) is 5.11 Å². The van der Waals surface area contributed by atoms with Gasteiger partial charge >= 0.3 is 5.97 Å². The van der Waals surface area contributed by atoms with Gasteiger partial charge < -0.3 is 10.0 Å². The first-order valence-electron chi connectivity index (χ1n) is 7.31. The Labute approximate surface area is 127 Å². The summed E-state index contributed by atoms with van der Waals surface area (Å²) in [6.07, 6.45) is 8.75. The van der Waals surface area contributed by atoms with Crippen molar-refractivity contribution in [2.24, 2.45) is 5.92 Å². The van der Waals surface area contributed by atoms with Crippen LogP contribution >= 0.6 is 11.3 Å². The van der Waals surface area contributed by atoms with Crippen LogP contribution in [0, 0.1) is 5.92 Å². The zero-order valence-corrected chi connectivity index (χ0v) is 12.5. The molecule has 21 heavy (non-hydrogen) atoms. The third kappa shape index (κ3) is 2.85. The number of allylic oxidation sites excluding steroid dienone is 2. The lowest BCUT2D eigenvalue weighted by molar-refractivity contribution is -0.136. The Hall–Kier alpha value is -1.69. The van der Waals surface area contributed by atoms with Gasteiger partial charge in [0.15, 0.2) is 5.69 Å². The van der Waals surface area contributed by atoms with Crippen LogP contribution in [-0.4, -0.2) is 33.4 Å². The fourth-order valence-electron chi connectivity index (χ4n) is 3.08. The van der Waals surface area contributed by atoms with Gasteiger partial charge in [0.1, 0.15) is 5.01 Å². The first kappa shape index (κ1) is 14.3. The van der Waals surface area contributed by atoms with Crippen molar-refractivity contribution in [1.82, 2.24) is 9.88 Å². The molecular weight excluding hydrogens is 288 g/mol. The van der Waals surface area contributed by atoms with Crippen molar-refractivity contribution in [2.45, 2.75) is 38.1 Å². The van der Waals surface area contributed by atoms with Gasteiger partial charge in [0.05, 0.1) is 6.04 Å². The van der Waals surface area contributed by atoms with Crippen LogP contribution in [0.15, 0.2) is 17.5 Å². The molecule has 1 aliphatic heterocycles. The van der Waals surface area contributed by atoms with Gasteiger partial charge in [-0.1, -0.05) is 12.2 Å². The quantitative estimate of drug-likeness (QED) is 0.872. The van der Waals surface area contributed by atoms with Crippen LogP contribution in [0.2, 0.25) is 0 Å². The molecule has 3 rings (SSSR count). The Morgan fingerprint density at radius 3 is 2.86 bits per heavy atom. The lowest BCUT2D eigenvalue weighted by atomic mass is 9.93. The largest absolute Gasteiger partial charge is 0.476 e. The number of amides is 1. The Kier molecular flexibility index (Phi) is 4.05. The van der Waals surface area contributed by atoms with Crippen molar-refractivity contribution in [2.75, 3.05) is 6.54 Å². The summed E-state index contributed by atoms with van der Waals surface area (Å²) >= 11 is 1.34. The fraction of sp³-hybridized carbons (Fsp3) is 0.533. The van der Waals surface area contributed by atoms with E-state index in [1.165, 1.54) is 11.3 Å². The molecule has 1 aromatic rings. The highest BCUT2D eigenvalue weighted by atomic mass is 32.1. The number of carboxylic acids is 1. The minimum Gasteiger partial charge on any atom is -0.476 e. The van der Waals surface area contributed by atoms with Crippen LogP contribution in [0.25, 0.3) is 0 Å². The zero-order valence-electron chi connectivity index (χ0n) is 11.7. The molecule has 2 atom stereocenters. The number of carbonyl (C=O) groups excluding carboxylic acids is 1. The van der Waals surface area contributed by atoms with Gasteiger partial charge in [0, 0.05) is 17.8 Å². The molecule has 1 saturated heterocycles. The second-order valence-corrected chi connectivity index (χ2v) is 6.44. The number of rotatable bonds is 3. The van der Waals surface area contributed by atoms with Gasteiger partial charge in [-0.25, -0.2) is 9.78 Å². The van der Waals surface area contributed by atoms with E-state index in [1.54, 1.807) is 5.38 Å². The molecular formula is C15H18N2O3S. The molecule has 1 N–H and O–H groups in total. The molecule has 2 aliphatic rings. The van der Waals surface area contributed by atoms with Crippen LogP contribution < -0.4 is 0 Å². The number of carboxylic acid groups (broad SMARTS) is 1. The molecule has 0 radical (unpaired) electrons. The van der Waals surface area contributed by atoms with E-state index in [-0.39, 0.29) is 23.6 Å². The van der Waals surface area contributed by atoms with E-state index in [2.05, 4.69) is 17.1 Å². The Morgan fingerprint density at radius 1 is 1.33 bits per heavy atom. The molecule has 0 unspecified atom stereocenters. The fourth-order valence-corrected chi connectivity index (χ4v) is 4.02. The number of hydrogen-bond acceptors (Lipinski definition) is 4. The third-order valence-corrected chi connectivity index (χ3v) is 5.13. The van der Waals surface area contributed by atoms with Crippen molar-refractivity contribution in [3.63, 3.8) is 0 Å². The average Bonchev–Trinajstić information content (AvgIpc) is 3.16. The molecule has 1 fully saturated rings. The Balaban J connectivity index is 1.76. The normalized spacial score (nSPS) is 25.2. The number of thiazole rings is 1. The lowest BCUT2D eigenvalue weighted by Crippen LogP contribution is -2.36. The zero-order chi connectivity index (χ0) is 14.8. The van der Waals surface area contributed by atoms with Crippen molar-refractivity contribution in [3.8, 4) is 0 Å². The highest BCUT2D eigenvalue weighted by molar-refractivity contribution is 7.09. The number of carbonyl (C=O) groups is 2. The maximum atomic E-state index is 12.7. The number of nitrogens with zero attached hydrogens (tertiary/aromatic N) is 2. The summed E-state index contributed by atoms with van der Waals surface area (Å²) in [7, 11) is 0. The number of hydrogen-bond donors (Lipinski definition) is 1. The summed E-state index contributed by atoms with van der Waals surface area (Å²) in [5.41, 5.74) is 0.0786. The number of likely N-dealkylation sites (tertiary alicyclic amines) is 1. The highest BCUT2D eigenvalue weighted by Gasteiger charge is 2.35. The molecule has 0 bridgehead atoms. The molecule has 1 aliphatic carbocycles. The van der Waals surface area contributed by atoms with Crippen molar-refractivity contribution >= 4 is 23.2 Å². The van der Waals surface area contributed by atoms with Crippen LogP contribution in [0.4, 0.5) is 0 Å². The predicted molar refractivity (Wildman–Crippen MR) is 79.2 cm³/mol. The van der Waals surface area contributed by atoms with Crippen molar-refractivity contribution < 1.29 is 14.7 Å². The second-order valence-electron chi connectivity index (χ2n) is 5.55. The van der Waals surface area contributed by atoms with Crippen molar-refractivity contribution in [3.05, 3.63) is 28.2 Å². The maximum Gasteiger partial charge on any atom is 0.355 e. The first-order chi connectivity index (χ1) is 10.2. The summed E-state index contributed by atoms with van der Waals surface area (Å²) in [6, 6.07) is -0.0403. The minimum absolute atomic E-state index is 0.0403. The summed E-state index contributed by atoms with van der Waals surface area (Å²) in [5.74, 6) is -0.728. The van der Waals surface area contributed by atoms with E-state index in [1.807, 2.05) is 4.90 Å². The topological polar surface area (TPSA) is 70.5 Å². The summed E-state index contributed by atoms with van der Waals surface area (Å²) in [5, 5.41) is 11.3. The van der Waals surface area contributed by atoms with Gasteiger partial charge in [-0.05, 0) is 32.1 Å². The summed E-state index contributed by atoms with van der Waals surface area (Å²) in [4.78, 5) is 29.7. The van der Waals surface area contributed by atoms with Gasteiger partial charge in [-0.2, -0.15) is 0 Å². The SMILES string of the molecule is O=C(O)c1csc([C@H]2CCCN2C(=O)[C@H]2CC=CCC2)n1. The predicted octanol–water partition coefficient (Wildman–Crippen LogP) is 2.86. The molecule has 1 amide bonds. The highest BCUT2D eigenvalue weighted by Crippen LogP contribution is 2.36. The number of aromatic carboxylic acids is 1. The minimum atomic E-state index is -1.01. The molecule has 112 valence electrons. The van der Waals surface area contributed by atoms with Gasteiger partial charge in [0.25, 0.3) is 0 Å². The van der Waals surface area contributed by atoms with Crippen LogP contribution in [0.5, 0.6) is 0 Å². The smallest absolute Gasteiger partial charge is 0.355 e. The average molecular weight is 306 g/mol. The molecule has 0 saturated carbocycles. The van der Waals surface area contributed by atoms with E-state index < -0.39 is 5.97 Å². The summed E-state index contributed by atoms with van der Waals surface area (Å²) < 4.78 is 0. The van der Waals surface area contributed by atoms with Crippen LogP contribution in [0.1, 0.15) is 53.6 Å². The molecule has 2 heterocycles. The third-order valence-electron chi connectivity index (χ3n) is 4.18. The molecule has 6 heteroatoms.